The maximum Gasteiger partial charge on any atom is 0 e. The van der Waals surface area contributed by atoms with Crippen molar-refractivity contribution >= 4 is 22.3 Å². The SMILES string of the molecule is Cl.P.[Pt].c1ccc(-c2ccccc2)cc1. The van der Waals surface area contributed by atoms with E-state index in [1.807, 2.05) is 12.1 Å². The molecule has 0 radical (unpaired) electrons. The van der Waals surface area contributed by atoms with Crippen LogP contribution >= 0.6 is 22.3 Å². The molecule has 0 amide bonds. The van der Waals surface area contributed by atoms with Crippen molar-refractivity contribution in [2.75, 3.05) is 0 Å². The number of hydrogen-bond donors (Lipinski definition) is 0. The molecule has 0 aliphatic carbocycles. The van der Waals surface area contributed by atoms with Gasteiger partial charge in [-0.05, 0) is 11.1 Å². The van der Waals surface area contributed by atoms with Gasteiger partial charge in [-0.1, -0.05) is 60.7 Å². The van der Waals surface area contributed by atoms with Crippen LogP contribution in [0.15, 0.2) is 60.7 Å². The van der Waals surface area contributed by atoms with Crippen LogP contribution < -0.4 is 0 Å². The summed E-state index contributed by atoms with van der Waals surface area (Å²) >= 11 is 0. The topological polar surface area (TPSA) is 0 Å². The molecule has 84 valence electrons. The predicted molar refractivity (Wildman–Crippen MR) is 70.2 cm³/mol. The van der Waals surface area contributed by atoms with Crippen molar-refractivity contribution in [1.82, 2.24) is 0 Å². The minimum Gasteiger partial charge on any atom is -0.153 e. The first-order chi connectivity index (χ1) is 5.97. The van der Waals surface area contributed by atoms with Gasteiger partial charge in [0, 0.05) is 21.1 Å². The van der Waals surface area contributed by atoms with E-state index in [1.165, 1.54) is 11.1 Å². The first-order valence-corrected chi connectivity index (χ1v) is 4.07. The van der Waals surface area contributed by atoms with E-state index in [4.69, 9.17) is 0 Å². The molecule has 0 aliphatic heterocycles. The predicted octanol–water partition coefficient (Wildman–Crippen LogP) is 3.83. The summed E-state index contributed by atoms with van der Waals surface area (Å²) in [5.74, 6) is 0. The second-order valence-electron chi connectivity index (χ2n) is 2.73. The molecule has 0 spiro atoms. The molecule has 0 nitrogen and oxygen atoms in total. The summed E-state index contributed by atoms with van der Waals surface area (Å²) in [6.07, 6.45) is 0. The number of benzene rings is 2. The van der Waals surface area contributed by atoms with Crippen LogP contribution in [0.25, 0.3) is 11.1 Å². The van der Waals surface area contributed by atoms with E-state index in [9.17, 15) is 0 Å². The van der Waals surface area contributed by atoms with Crippen LogP contribution in [0.4, 0.5) is 0 Å². The third kappa shape index (κ3) is 4.93. The van der Waals surface area contributed by atoms with Crippen molar-refractivity contribution in [3.8, 4) is 11.1 Å². The summed E-state index contributed by atoms with van der Waals surface area (Å²) in [6.45, 7) is 0. The van der Waals surface area contributed by atoms with Gasteiger partial charge in [-0.3, -0.25) is 0 Å². The van der Waals surface area contributed by atoms with Crippen molar-refractivity contribution in [2.45, 2.75) is 0 Å². The molecule has 0 heterocycles. The number of halogens is 1. The summed E-state index contributed by atoms with van der Waals surface area (Å²) in [7, 11) is 0. The third-order valence-corrected chi connectivity index (χ3v) is 1.88. The van der Waals surface area contributed by atoms with Crippen LogP contribution in [0, 0.1) is 0 Å². The molecule has 2 aromatic rings. The van der Waals surface area contributed by atoms with Crippen molar-refractivity contribution < 1.29 is 21.1 Å². The Morgan fingerprint density at radius 2 is 0.800 bits per heavy atom. The summed E-state index contributed by atoms with van der Waals surface area (Å²) in [6, 6.07) is 20.8. The monoisotopic (exact) mass is 419 g/mol. The van der Waals surface area contributed by atoms with Crippen molar-refractivity contribution in [3.63, 3.8) is 0 Å². The molecule has 1 atom stereocenters. The summed E-state index contributed by atoms with van der Waals surface area (Å²) < 4.78 is 0. The van der Waals surface area contributed by atoms with Gasteiger partial charge in [0.15, 0.2) is 0 Å². The molecule has 2 aromatic carbocycles. The quantitative estimate of drug-likeness (QED) is 0.616. The van der Waals surface area contributed by atoms with Crippen molar-refractivity contribution in [2.24, 2.45) is 0 Å². The number of hydrogen-bond acceptors (Lipinski definition) is 0. The molecule has 0 aliphatic rings. The van der Waals surface area contributed by atoms with Gasteiger partial charge >= 0.3 is 0 Å². The molecule has 0 fully saturated rings. The van der Waals surface area contributed by atoms with Gasteiger partial charge in [-0.2, -0.15) is 9.90 Å². The summed E-state index contributed by atoms with van der Waals surface area (Å²) in [4.78, 5) is 0. The molecule has 0 saturated heterocycles. The Balaban J connectivity index is 0. The molecule has 1 unspecified atom stereocenters. The molecule has 0 saturated carbocycles. The van der Waals surface area contributed by atoms with Gasteiger partial charge in [0.1, 0.15) is 0 Å². The van der Waals surface area contributed by atoms with Gasteiger partial charge in [0.25, 0.3) is 0 Å². The van der Waals surface area contributed by atoms with Gasteiger partial charge in [0.05, 0.1) is 0 Å². The van der Waals surface area contributed by atoms with Crippen LogP contribution in [0.1, 0.15) is 0 Å². The van der Waals surface area contributed by atoms with Gasteiger partial charge in [-0.25, -0.2) is 0 Å². The Morgan fingerprint density at radius 1 is 0.533 bits per heavy atom. The average Bonchev–Trinajstić information content (AvgIpc) is 2.21. The smallest absolute Gasteiger partial charge is 0 e. The van der Waals surface area contributed by atoms with Crippen LogP contribution in [0.5, 0.6) is 0 Å². The zero-order chi connectivity index (χ0) is 8.23. The molecular formula is C12H14ClPPt. The summed E-state index contributed by atoms with van der Waals surface area (Å²) in [5, 5.41) is 0. The Labute approximate surface area is 115 Å². The van der Waals surface area contributed by atoms with Crippen molar-refractivity contribution in [1.29, 1.82) is 0 Å². The Hall–Kier alpha value is -0.152. The van der Waals surface area contributed by atoms with E-state index in [1.54, 1.807) is 0 Å². The molecular weight excluding hydrogens is 406 g/mol. The van der Waals surface area contributed by atoms with Crippen LogP contribution in [-0.2, 0) is 21.1 Å². The second kappa shape index (κ2) is 9.10. The second-order valence-corrected chi connectivity index (χ2v) is 2.73. The molecule has 0 aromatic heterocycles. The zero-order valence-corrected chi connectivity index (χ0v) is 12.7. The van der Waals surface area contributed by atoms with Crippen LogP contribution in [-0.4, -0.2) is 0 Å². The maximum absolute atomic E-state index is 2.12. The van der Waals surface area contributed by atoms with E-state index >= 15 is 0 Å². The minimum atomic E-state index is 0. The molecule has 0 N–H and O–H groups in total. The number of rotatable bonds is 1. The molecule has 0 bridgehead atoms. The Morgan fingerprint density at radius 3 is 1.07 bits per heavy atom. The van der Waals surface area contributed by atoms with Crippen molar-refractivity contribution in [3.05, 3.63) is 60.7 Å². The average molecular weight is 420 g/mol. The Kier molecular flexibility index (Phi) is 10.5. The van der Waals surface area contributed by atoms with Gasteiger partial charge in [0.2, 0.25) is 0 Å². The fourth-order valence-electron chi connectivity index (χ4n) is 1.26. The fourth-order valence-corrected chi connectivity index (χ4v) is 1.26. The van der Waals surface area contributed by atoms with Gasteiger partial charge < -0.3 is 0 Å². The maximum atomic E-state index is 2.12. The molecule has 2 rings (SSSR count). The third-order valence-electron chi connectivity index (χ3n) is 1.88. The fraction of sp³-hybridized carbons (Fsp3) is 0. The summed E-state index contributed by atoms with van der Waals surface area (Å²) in [5.41, 5.74) is 2.55. The molecule has 15 heavy (non-hydrogen) atoms. The van der Waals surface area contributed by atoms with Crippen LogP contribution in [0.3, 0.4) is 0 Å². The normalized spacial score (nSPS) is 7.73. The first kappa shape index (κ1) is 17.2. The van der Waals surface area contributed by atoms with E-state index in [2.05, 4.69) is 48.5 Å². The van der Waals surface area contributed by atoms with Crippen LogP contribution in [0.2, 0.25) is 0 Å². The van der Waals surface area contributed by atoms with E-state index in [-0.39, 0.29) is 43.4 Å². The Bertz CT molecular complexity index is 313. The van der Waals surface area contributed by atoms with E-state index < -0.39 is 0 Å². The minimum absolute atomic E-state index is 0. The van der Waals surface area contributed by atoms with E-state index in [0.29, 0.717) is 0 Å². The zero-order valence-electron chi connectivity index (χ0n) is 8.21. The standard InChI is InChI=1S/C12H10.ClH.H3P.Pt/c1-3-7-11(8-4-1)12-9-5-2-6-10-12;;;/h1-10H;1H;1H3;. The first-order valence-electron chi connectivity index (χ1n) is 4.07. The van der Waals surface area contributed by atoms with Gasteiger partial charge in [-0.15, -0.1) is 12.4 Å². The van der Waals surface area contributed by atoms with E-state index in [0.717, 1.165) is 0 Å². The largest absolute Gasteiger partial charge is 0.153 e. The molecule has 3 heteroatoms.